The van der Waals surface area contributed by atoms with Crippen LogP contribution in [0.1, 0.15) is 0 Å². The van der Waals surface area contributed by atoms with Gasteiger partial charge in [0.2, 0.25) is 0 Å². The minimum absolute atomic E-state index is 0. The Hall–Kier alpha value is 0.463. The third-order valence-electron chi connectivity index (χ3n) is 0.945. The molecule has 0 heterocycles. The van der Waals surface area contributed by atoms with E-state index in [0.717, 1.165) is 0 Å². The van der Waals surface area contributed by atoms with Gasteiger partial charge in [-0.05, 0) is 0 Å². The second-order valence-corrected chi connectivity index (χ2v) is 1.84. The summed E-state index contributed by atoms with van der Waals surface area (Å²) in [5.41, 5.74) is 3.94. The van der Waals surface area contributed by atoms with Crippen LogP contribution in [-0.4, -0.2) is 40.7 Å². The van der Waals surface area contributed by atoms with E-state index in [1.54, 1.807) is 0 Å². The predicted octanol–water partition coefficient (Wildman–Crippen LogP) is -2.34. The minimum atomic E-state index is -1.21. The van der Waals surface area contributed by atoms with Crippen molar-refractivity contribution in [2.24, 2.45) is 5.73 Å². The van der Waals surface area contributed by atoms with Gasteiger partial charge in [0.1, 0.15) is 0 Å². The summed E-state index contributed by atoms with van der Waals surface area (Å²) in [6.07, 6.45) is 0. The van der Waals surface area contributed by atoms with Crippen LogP contribution in [0.3, 0.4) is 0 Å². The number of rotatable bonds is 3. The van der Waals surface area contributed by atoms with E-state index in [4.69, 9.17) is 21.1 Å². The molecular formula is C4H11NO3Zn. The molecule has 5 heteroatoms. The van der Waals surface area contributed by atoms with Crippen molar-refractivity contribution in [2.45, 2.75) is 5.54 Å². The SMILES string of the molecule is NC(CO)(CO)CO.[Zn]. The molecule has 52 valence electrons. The Labute approximate surface area is 66.4 Å². The molecule has 0 aromatic carbocycles. The van der Waals surface area contributed by atoms with Crippen molar-refractivity contribution in [2.75, 3.05) is 19.8 Å². The van der Waals surface area contributed by atoms with E-state index >= 15 is 0 Å². The third kappa shape index (κ3) is 3.95. The van der Waals surface area contributed by atoms with Crippen molar-refractivity contribution in [3.63, 3.8) is 0 Å². The van der Waals surface area contributed by atoms with Crippen LogP contribution in [0, 0.1) is 0 Å². The first-order valence-electron chi connectivity index (χ1n) is 2.30. The van der Waals surface area contributed by atoms with Crippen molar-refractivity contribution >= 4 is 0 Å². The summed E-state index contributed by atoms with van der Waals surface area (Å²) in [6.45, 7) is -1.21. The Morgan fingerprint density at radius 2 is 1.22 bits per heavy atom. The van der Waals surface area contributed by atoms with Gasteiger partial charge in [0, 0.05) is 19.5 Å². The summed E-state index contributed by atoms with van der Waals surface area (Å²) in [5.74, 6) is 0. The molecule has 0 bridgehead atoms. The zero-order chi connectivity index (χ0) is 6.62. The van der Waals surface area contributed by atoms with Crippen LogP contribution in [0.5, 0.6) is 0 Å². The van der Waals surface area contributed by atoms with E-state index in [1.165, 1.54) is 0 Å². The van der Waals surface area contributed by atoms with Gasteiger partial charge in [-0.2, -0.15) is 0 Å². The van der Waals surface area contributed by atoms with Crippen molar-refractivity contribution in [3.05, 3.63) is 0 Å². The number of hydrogen-bond acceptors (Lipinski definition) is 4. The normalized spacial score (nSPS) is 10.7. The number of aliphatic hydroxyl groups excluding tert-OH is 3. The van der Waals surface area contributed by atoms with E-state index in [2.05, 4.69) is 0 Å². The molecule has 0 radical (unpaired) electrons. The molecule has 0 amide bonds. The van der Waals surface area contributed by atoms with Gasteiger partial charge in [-0.25, -0.2) is 0 Å². The van der Waals surface area contributed by atoms with Crippen LogP contribution < -0.4 is 5.73 Å². The molecule has 0 aromatic rings. The van der Waals surface area contributed by atoms with Gasteiger partial charge >= 0.3 is 0 Å². The van der Waals surface area contributed by atoms with E-state index in [-0.39, 0.29) is 19.5 Å². The second-order valence-electron chi connectivity index (χ2n) is 1.84. The average Bonchev–Trinajstić information content (AvgIpc) is 1.87. The topological polar surface area (TPSA) is 86.7 Å². The maximum absolute atomic E-state index is 8.34. The molecular weight excluding hydrogens is 175 g/mol. The maximum atomic E-state index is 8.34. The predicted molar refractivity (Wildman–Crippen MR) is 28.2 cm³/mol. The molecule has 0 aromatic heterocycles. The molecule has 0 aliphatic heterocycles. The minimum Gasteiger partial charge on any atom is -0.394 e. The summed E-state index contributed by atoms with van der Waals surface area (Å²) >= 11 is 0. The van der Waals surface area contributed by atoms with Gasteiger partial charge in [0.15, 0.2) is 0 Å². The van der Waals surface area contributed by atoms with Gasteiger partial charge in [-0.1, -0.05) is 0 Å². The Kier molecular flexibility index (Phi) is 7.12. The van der Waals surface area contributed by atoms with Gasteiger partial charge in [-0.3, -0.25) is 0 Å². The zero-order valence-corrected chi connectivity index (χ0v) is 8.21. The van der Waals surface area contributed by atoms with Crippen molar-refractivity contribution in [3.8, 4) is 0 Å². The maximum Gasteiger partial charge on any atom is 0.0856 e. The van der Waals surface area contributed by atoms with E-state index in [0.29, 0.717) is 0 Å². The molecule has 0 aliphatic rings. The molecule has 0 spiro atoms. The molecule has 0 saturated carbocycles. The summed E-state index contributed by atoms with van der Waals surface area (Å²) in [4.78, 5) is 0. The van der Waals surface area contributed by atoms with Crippen LogP contribution in [0.4, 0.5) is 0 Å². The zero-order valence-electron chi connectivity index (χ0n) is 5.25. The quantitative estimate of drug-likeness (QED) is 0.372. The Morgan fingerprint density at radius 1 is 1.00 bits per heavy atom. The second kappa shape index (κ2) is 5.26. The van der Waals surface area contributed by atoms with E-state index < -0.39 is 25.4 Å². The van der Waals surface area contributed by atoms with Crippen LogP contribution in [0.2, 0.25) is 0 Å². The van der Waals surface area contributed by atoms with Crippen molar-refractivity contribution in [1.29, 1.82) is 0 Å². The smallest absolute Gasteiger partial charge is 0.0856 e. The first kappa shape index (κ1) is 12.2. The van der Waals surface area contributed by atoms with Gasteiger partial charge in [0.05, 0.1) is 25.4 Å². The third-order valence-corrected chi connectivity index (χ3v) is 0.945. The number of aliphatic hydroxyl groups is 3. The summed E-state index contributed by atoms with van der Waals surface area (Å²) in [5, 5.41) is 25.0. The molecule has 4 nitrogen and oxygen atoms in total. The summed E-state index contributed by atoms with van der Waals surface area (Å²) < 4.78 is 0. The summed E-state index contributed by atoms with van der Waals surface area (Å²) in [6, 6.07) is 0. The molecule has 0 fully saturated rings. The van der Waals surface area contributed by atoms with Crippen molar-refractivity contribution < 1.29 is 34.8 Å². The van der Waals surface area contributed by atoms with Gasteiger partial charge in [-0.15, -0.1) is 0 Å². The fourth-order valence-electron chi connectivity index (χ4n) is 0.150. The molecule has 0 unspecified atom stereocenters. The van der Waals surface area contributed by atoms with Crippen LogP contribution >= 0.6 is 0 Å². The van der Waals surface area contributed by atoms with E-state index in [1.807, 2.05) is 0 Å². The average molecular weight is 187 g/mol. The molecule has 0 aliphatic carbocycles. The van der Waals surface area contributed by atoms with E-state index in [9.17, 15) is 0 Å². The fraction of sp³-hybridized carbons (Fsp3) is 1.00. The Balaban J connectivity index is 0. The number of hydrogen-bond donors (Lipinski definition) is 4. The molecule has 9 heavy (non-hydrogen) atoms. The molecule has 0 atom stereocenters. The number of nitrogens with two attached hydrogens (primary N) is 1. The van der Waals surface area contributed by atoms with Crippen LogP contribution in [0.25, 0.3) is 0 Å². The van der Waals surface area contributed by atoms with Crippen LogP contribution in [-0.2, 0) is 19.5 Å². The summed E-state index contributed by atoms with van der Waals surface area (Å²) in [7, 11) is 0. The largest absolute Gasteiger partial charge is 0.394 e. The molecule has 0 saturated heterocycles. The molecule has 0 rings (SSSR count). The Bertz CT molecular complexity index is 58.6. The fourth-order valence-corrected chi connectivity index (χ4v) is 0.150. The first-order valence-corrected chi connectivity index (χ1v) is 2.30. The monoisotopic (exact) mass is 185 g/mol. The first-order chi connectivity index (χ1) is 3.68. The van der Waals surface area contributed by atoms with Crippen LogP contribution in [0.15, 0.2) is 0 Å². The Morgan fingerprint density at radius 3 is 1.22 bits per heavy atom. The van der Waals surface area contributed by atoms with Crippen molar-refractivity contribution in [1.82, 2.24) is 0 Å². The molecule has 5 N–H and O–H groups in total. The van der Waals surface area contributed by atoms with Gasteiger partial charge < -0.3 is 21.1 Å². The van der Waals surface area contributed by atoms with Gasteiger partial charge in [0.25, 0.3) is 0 Å². The standard InChI is InChI=1S/C4H11NO3.Zn/c5-4(1-6,2-7)3-8;/h6-8H,1-3,5H2;.